The first-order chi connectivity index (χ1) is 15.4. The summed E-state index contributed by atoms with van der Waals surface area (Å²) in [5, 5.41) is 4.97. The van der Waals surface area contributed by atoms with Crippen LogP contribution >= 0.6 is 0 Å². The number of furan rings is 1. The number of hydrogen-bond donors (Lipinski definition) is 0. The molecule has 0 atom stereocenters. The Balaban J connectivity index is 1.61. The average molecular weight is 394 g/mol. The molecular formula is C30H18O. The topological polar surface area (TPSA) is 13.1 Å². The van der Waals surface area contributed by atoms with E-state index in [9.17, 15) is 0 Å². The summed E-state index contributed by atoms with van der Waals surface area (Å²) in [6, 6.07) is 38.7. The molecule has 1 aliphatic carbocycles. The summed E-state index contributed by atoms with van der Waals surface area (Å²) in [5.41, 5.74) is 7.40. The fourth-order valence-corrected chi connectivity index (χ4v) is 5.03. The van der Waals surface area contributed by atoms with Crippen molar-refractivity contribution in [3.63, 3.8) is 0 Å². The fourth-order valence-electron chi connectivity index (χ4n) is 5.03. The first kappa shape index (κ1) is 16.7. The molecule has 7 rings (SSSR count). The number of fused-ring (bicyclic) bond motifs is 4. The minimum atomic E-state index is 0.931. The molecule has 0 bridgehead atoms. The standard InChI is InChI=1S/C30H18O/c1-3-9-20(10-4-1)29-26-17-24-22-15-7-13-19-14-8-16-23(28(19)22)25(24)18-27(26)30(31-29)21-11-5-2-6-12-21/h1-18H. The first-order valence-electron chi connectivity index (χ1n) is 10.6. The minimum Gasteiger partial charge on any atom is -0.455 e. The van der Waals surface area contributed by atoms with Gasteiger partial charge in [-0.25, -0.2) is 0 Å². The van der Waals surface area contributed by atoms with Gasteiger partial charge in [0.25, 0.3) is 0 Å². The van der Waals surface area contributed by atoms with E-state index in [1.807, 2.05) is 12.1 Å². The van der Waals surface area contributed by atoms with Gasteiger partial charge in [0.15, 0.2) is 0 Å². The number of rotatable bonds is 2. The van der Waals surface area contributed by atoms with Crippen LogP contribution < -0.4 is 0 Å². The van der Waals surface area contributed by atoms with Gasteiger partial charge in [0.1, 0.15) is 11.5 Å². The lowest BCUT2D eigenvalue weighted by atomic mass is 9.96. The molecule has 0 saturated carbocycles. The van der Waals surface area contributed by atoms with Gasteiger partial charge >= 0.3 is 0 Å². The van der Waals surface area contributed by atoms with E-state index >= 15 is 0 Å². The van der Waals surface area contributed by atoms with Crippen molar-refractivity contribution in [3.8, 4) is 44.9 Å². The number of benzene rings is 5. The van der Waals surface area contributed by atoms with Gasteiger partial charge in [0.2, 0.25) is 0 Å². The molecule has 1 heterocycles. The lowest BCUT2D eigenvalue weighted by Gasteiger charge is -2.04. The lowest BCUT2D eigenvalue weighted by Crippen LogP contribution is -1.80. The molecular weight excluding hydrogens is 376 g/mol. The van der Waals surface area contributed by atoms with Crippen molar-refractivity contribution in [1.82, 2.24) is 0 Å². The lowest BCUT2D eigenvalue weighted by molar-refractivity contribution is 0.602. The second-order valence-corrected chi connectivity index (χ2v) is 8.14. The summed E-state index contributed by atoms with van der Waals surface area (Å²) in [5.74, 6) is 1.86. The van der Waals surface area contributed by atoms with Crippen molar-refractivity contribution in [2.45, 2.75) is 0 Å². The fraction of sp³-hybridized carbons (Fsp3) is 0. The van der Waals surface area contributed by atoms with E-state index in [1.54, 1.807) is 0 Å². The number of hydrogen-bond acceptors (Lipinski definition) is 1. The van der Waals surface area contributed by atoms with E-state index < -0.39 is 0 Å². The molecule has 0 fully saturated rings. The van der Waals surface area contributed by atoms with Gasteiger partial charge in [-0.3, -0.25) is 0 Å². The Hall–Kier alpha value is -4.10. The maximum absolute atomic E-state index is 6.58. The first-order valence-corrected chi connectivity index (χ1v) is 10.6. The van der Waals surface area contributed by atoms with Crippen LogP contribution in [0.1, 0.15) is 0 Å². The molecule has 0 N–H and O–H groups in total. The smallest absolute Gasteiger partial charge is 0.142 e. The second kappa shape index (κ2) is 6.20. The van der Waals surface area contributed by atoms with E-state index in [0.717, 1.165) is 33.4 Å². The van der Waals surface area contributed by atoms with Crippen LogP contribution in [0.2, 0.25) is 0 Å². The molecule has 0 saturated heterocycles. The molecule has 6 aromatic rings. The maximum Gasteiger partial charge on any atom is 0.142 e. The summed E-state index contributed by atoms with van der Waals surface area (Å²) in [7, 11) is 0. The van der Waals surface area contributed by atoms with Gasteiger partial charge < -0.3 is 4.42 Å². The average Bonchev–Trinajstić information content (AvgIpc) is 3.37. The zero-order valence-electron chi connectivity index (χ0n) is 16.8. The minimum absolute atomic E-state index is 0.931. The third-order valence-corrected chi connectivity index (χ3v) is 6.41. The van der Waals surface area contributed by atoms with Crippen molar-refractivity contribution >= 4 is 21.5 Å². The summed E-state index contributed by atoms with van der Waals surface area (Å²) < 4.78 is 6.58. The maximum atomic E-state index is 6.58. The molecule has 0 spiro atoms. The highest BCUT2D eigenvalue weighted by Crippen LogP contribution is 2.51. The highest BCUT2D eigenvalue weighted by atomic mass is 16.3. The van der Waals surface area contributed by atoms with Crippen LogP contribution in [-0.4, -0.2) is 0 Å². The molecule has 1 nitrogen and oxygen atoms in total. The zero-order chi connectivity index (χ0) is 20.4. The molecule has 1 heteroatoms. The largest absolute Gasteiger partial charge is 0.455 e. The Morgan fingerprint density at radius 1 is 0.419 bits per heavy atom. The summed E-state index contributed by atoms with van der Waals surface area (Å²) in [6.45, 7) is 0. The van der Waals surface area contributed by atoms with Gasteiger partial charge in [0, 0.05) is 21.9 Å². The van der Waals surface area contributed by atoms with Crippen LogP contribution in [0.3, 0.4) is 0 Å². The SMILES string of the molecule is c1ccc(-c2oc(-c3ccccc3)c3cc4c(cc23)-c2cccc3cccc-4c23)cc1. The van der Waals surface area contributed by atoms with Crippen LogP contribution in [0.25, 0.3) is 66.4 Å². The Kier molecular flexibility index (Phi) is 3.33. The molecule has 0 radical (unpaired) electrons. The Morgan fingerprint density at radius 3 is 1.39 bits per heavy atom. The predicted octanol–water partition coefficient (Wildman–Crippen LogP) is 8.57. The summed E-state index contributed by atoms with van der Waals surface area (Å²) in [6.07, 6.45) is 0. The summed E-state index contributed by atoms with van der Waals surface area (Å²) in [4.78, 5) is 0. The normalized spacial score (nSPS) is 11.9. The van der Waals surface area contributed by atoms with Crippen molar-refractivity contribution < 1.29 is 4.42 Å². The van der Waals surface area contributed by atoms with Crippen LogP contribution in [-0.2, 0) is 0 Å². The third-order valence-electron chi connectivity index (χ3n) is 6.41. The quantitative estimate of drug-likeness (QED) is 0.286. The van der Waals surface area contributed by atoms with E-state index in [-0.39, 0.29) is 0 Å². The second-order valence-electron chi connectivity index (χ2n) is 8.14. The van der Waals surface area contributed by atoms with Gasteiger partial charge in [0.05, 0.1) is 0 Å². The van der Waals surface area contributed by atoms with Crippen molar-refractivity contribution in [3.05, 3.63) is 109 Å². The highest BCUT2D eigenvalue weighted by molar-refractivity contribution is 6.19. The molecule has 0 amide bonds. The van der Waals surface area contributed by atoms with E-state index in [1.165, 1.54) is 33.0 Å². The van der Waals surface area contributed by atoms with Crippen LogP contribution in [0, 0.1) is 0 Å². The molecule has 0 unspecified atom stereocenters. The molecule has 1 aromatic heterocycles. The molecule has 0 aliphatic heterocycles. The van der Waals surface area contributed by atoms with Gasteiger partial charge in [-0.05, 0) is 45.2 Å². The Bertz CT molecular complexity index is 1490. The van der Waals surface area contributed by atoms with E-state index in [0.29, 0.717) is 0 Å². The van der Waals surface area contributed by atoms with Crippen LogP contribution in [0.15, 0.2) is 114 Å². The zero-order valence-corrected chi connectivity index (χ0v) is 16.8. The Morgan fingerprint density at radius 2 is 0.903 bits per heavy atom. The highest BCUT2D eigenvalue weighted by Gasteiger charge is 2.25. The van der Waals surface area contributed by atoms with E-state index in [4.69, 9.17) is 4.42 Å². The Labute approximate surface area is 180 Å². The van der Waals surface area contributed by atoms with Crippen LogP contribution in [0.5, 0.6) is 0 Å². The predicted molar refractivity (Wildman–Crippen MR) is 129 cm³/mol. The van der Waals surface area contributed by atoms with Gasteiger partial charge in [-0.1, -0.05) is 97.1 Å². The van der Waals surface area contributed by atoms with Crippen molar-refractivity contribution in [2.24, 2.45) is 0 Å². The van der Waals surface area contributed by atoms with Crippen molar-refractivity contribution in [1.29, 1.82) is 0 Å². The van der Waals surface area contributed by atoms with Gasteiger partial charge in [-0.2, -0.15) is 0 Å². The molecule has 31 heavy (non-hydrogen) atoms. The third kappa shape index (κ3) is 2.32. The van der Waals surface area contributed by atoms with Crippen LogP contribution in [0.4, 0.5) is 0 Å². The molecule has 5 aromatic carbocycles. The summed E-state index contributed by atoms with van der Waals surface area (Å²) >= 11 is 0. The monoisotopic (exact) mass is 394 g/mol. The van der Waals surface area contributed by atoms with Gasteiger partial charge in [-0.15, -0.1) is 0 Å². The van der Waals surface area contributed by atoms with Crippen molar-refractivity contribution in [2.75, 3.05) is 0 Å². The van der Waals surface area contributed by atoms with E-state index in [2.05, 4.69) is 97.1 Å². The molecule has 144 valence electrons. The molecule has 1 aliphatic rings.